The summed E-state index contributed by atoms with van der Waals surface area (Å²) in [6.45, 7) is 1.86. The normalized spacial score (nSPS) is 11.9. The maximum absolute atomic E-state index is 13.7. The van der Waals surface area contributed by atoms with Crippen LogP contribution < -0.4 is 10.1 Å². The molecule has 100 valence electrons. The second-order valence-electron chi connectivity index (χ2n) is 4.30. The Labute approximate surface area is 111 Å². The number of methoxy groups -OCH3 is 1. The minimum absolute atomic E-state index is 0.0742. The summed E-state index contributed by atoms with van der Waals surface area (Å²) in [6, 6.07) is 11.4. The van der Waals surface area contributed by atoms with Gasteiger partial charge in [0, 0.05) is 23.4 Å². The third-order valence-corrected chi connectivity index (χ3v) is 2.90. The van der Waals surface area contributed by atoms with Gasteiger partial charge in [0.25, 0.3) is 0 Å². The lowest BCUT2D eigenvalue weighted by atomic mass is 10.1. The average molecular weight is 261 g/mol. The van der Waals surface area contributed by atoms with Crippen LogP contribution in [0.2, 0.25) is 0 Å². The van der Waals surface area contributed by atoms with Gasteiger partial charge < -0.3 is 15.2 Å². The maximum atomic E-state index is 13.7. The van der Waals surface area contributed by atoms with Gasteiger partial charge in [-0.05, 0) is 25.1 Å². The minimum Gasteiger partial charge on any atom is -0.508 e. The summed E-state index contributed by atoms with van der Waals surface area (Å²) in [6.07, 6.45) is 0. The van der Waals surface area contributed by atoms with Gasteiger partial charge in [-0.25, -0.2) is 4.39 Å². The van der Waals surface area contributed by atoms with Crippen LogP contribution in [0.4, 0.5) is 10.1 Å². The van der Waals surface area contributed by atoms with Crippen molar-refractivity contribution in [2.75, 3.05) is 12.4 Å². The molecule has 2 aromatic carbocycles. The lowest BCUT2D eigenvalue weighted by Crippen LogP contribution is -2.08. The number of rotatable bonds is 4. The number of aromatic hydroxyl groups is 1. The first-order valence-corrected chi connectivity index (χ1v) is 5.99. The fraction of sp³-hybridized carbons (Fsp3) is 0.200. The molecule has 0 aliphatic carbocycles. The van der Waals surface area contributed by atoms with Crippen molar-refractivity contribution in [1.29, 1.82) is 0 Å². The first-order valence-electron chi connectivity index (χ1n) is 5.99. The van der Waals surface area contributed by atoms with E-state index in [4.69, 9.17) is 4.74 Å². The molecular formula is C15H16FNO2. The quantitative estimate of drug-likeness (QED) is 0.881. The van der Waals surface area contributed by atoms with Crippen LogP contribution in [0, 0.1) is 5.82 Å². The molecule has 0 aliphatic rings. The Balaban J connectivity index is 2.17. The van der Waals surface area contributed by atoms with Crippen LogP contribution in [0.1, 0.15) is 18.5 Å². The summed E-state index contributed by atoms with van der Waals surface area (Å²) in [5.41, 5.74) is 1.35. The molecule has 0 bridgehead atoms. The molecule has 4 heteroatoms. The van der Waals surface area contributed by atoms with Crippen LogP contribution in [0.3, 0.4) is 0 Å². The minimum atomic E-state index is -0.428. The van der Waals surface area contributed by atoms with Crippen molar-refractivity contribution in [2.45, 2.75) is 13.0 Å². The Bertz CT molecular complexity index is 572. The maximum Gasteiger partial charge on any atom is 0.132 e. The molecule has 1 unspecified atom stereocenters. The number of hydrogen-bond donors (Lipinski definition) is 2. The van der Waals surface area contributed by atoms with Gasteiger partial charge in [0.05, 0.1) is 13.2 Å². The molecular weight excluding hydrogens is 245 g/mol. The van der Waals surface area contributed by atoms with E-state index in [0.29, 0.717) is 5.56 Å². The summed E-state index contributed by atoms with van der Waals surface area (Å²) in [4.78, 5) is 0. The summed E-state index contributed by atoms with van der Waals surface area (Å²) >= 11 is 0. The van der Waals surface area contributed by atoms with Crippen molar-refractivity contribution in [3.05, 3.63) is 53.8 Å². The van der Waals surface area contributed by atoms with Crippen molar-refractivity contribution in [2.24, 2.45) is 0 Å². The second-order valence-corrected chi connectivity index (χ2v) is 4.30. The van der Waals surface area contributed by atoms with E-state index < -0.39 is 5.82 Å². The third-order valence-electron chi connectivity index (χ3n) is 2.90. The van der Waals surface area contributed by atoms with Gasteiger partial charge in [-0.1, -0.05) is 12.1 Å². The number of nitrogens with one attached hydrogen (secondary N) is 1. The number of benzene rings is 2. The Hall–Kier alpha value is -2.23. The zero-order valence-corrected chi connectivity index (χ0v) is 10.9. The first kappa shape index (κ1) is 13.2. The molecule has 0 amide bonds. The van der Waals surface area contributed by atoms with Crippen LogP contribution >= 0.6 is 0 Å². The van der Waals surface area contributed by atoms with Crippen LogP contribution in [0.25, 0.3) is 0 Å². The van der Waals surface area contributed by atoms with E-state index >= 15 is 0 Å². The smallest absolute Gasteiger partial charge is 0.132 e. The lowest BCUT2D eigenvalue weighted by molar-refractivity contribution is 0.415. The fourth-order valence-electron chi connectivity index (χ4n) is 1.91. The molecule has 0 aliphatic heterocycles. The highest BCUT2D eigenvalue weighted by atomic mass is 19.1. The van der Waals surface area contributed by atoms with Crippen molar-refractivity contribution in [3.63, 3.8) is 0 Å². The molecule has 0 aromatic heterocycles. The van der Waals surface area contributed by atoms with Crippen molar-refractivity contribution >= 4 is 5.69 Å². The highest BCUT2D eigenvalue weighted by Crippen LogP contribution is 2.25. The average Bonchev–Trinajstić information content (AvgIpc) is 2.38. The molecule has 1 atom stereocenters. The predicted molar refractivity (Wildman–Crippen MR) is 73.1 cm³/mol. The molecule has 19 heavy (non-hydrogen) atoms. The SMILES string of the molecule is COc1cccc(NC(C)c2ccc(O)cc2F)c1. The Morgan fingerprint density at radius 3 is 2.68 bits per heavy atom. The van der Waals surface area contributed by atoms with E-state index in [2.05, 4.69) is 5.32 Å². The van der Waals surface area contributed by atoms with Crippen LogP contribution in [-0.4, -0.2) is 12.2 Å². The largest absolute Gasteiger partial charge is 0.508 e. The topological polar surface area (TPSA) is 41.5 Å². The number of anilines is 1. The molecule has 0 spiro atoms. The summed E-state index contributed by atoms with van der Waals surface area (Å²) in [7, 11) is 1.60. The van der Waals surface area contributed by atoms with Crippen molar-refractivity contribution in [1.82, 2.24) is 0 Å². The van der Waals surface area contributed by atoms with Crippen LogP contribution in [-0.2, 0) is 0 Å². The number of phenolic OH excluding ortho intramolecular Hbond substituents is 1. The predicted octanol–water partition coefficient (Wildman–Crippen LogP) is 3.71. The van der Waals surface area contributed by atoms with Gasteiger partial charge in [-0.3, -0.25) is 0 Å². The van der Waals surface area contributed by atoms with E-state index in [1.807, 2.05) is 31.2 Å². The van der Waals surface area contributed by atoms with E-state index in [1.165, 1.54) is 6.07 Å². The summed E-state index contributed by atoms with van der Waals surface area (Å²) < 4.78 is 18.9. The molecule has 0 radical (unpaired) electrons. The Morgan fingerprint density at radius 1 is 1.21 bits per heavy atom. The van der Waals surface area contributed by atoms with Crippen molar-refractivity contribution in [3.8, 4) is 11.5 Å². The third kappa shape index (κ3) is 3.16. The van der Waals surface area contributed by atoms with Gasteiger partial charge in [-0.15, -0.1) is 0 Å². The number of phenols is 1. The van der Waals surface area contributed by atoms with E-state index in [9.17, 15) is 9.50 Å². The number of halogens is 1. The van der Waals surface area contributed by atoms with E-state index in [-0.39, 0.29) is 11.8 Å². The molecule has 2 rings (SSSR count). The van der Waals surface area contributed by atoms with E-state index in [0.717, 1.165) is 17.5 Å². The zero-order chi connectivity index (χ0) is 13.8. The van der Waals surface area contributed by atoms with Gasteiger partial charge in [0.2, 0.25) is 0 Å². The summed E-state index contributed by atoms with van der Waals surface area (Å²) in [5.74, 6) is 0.237. The van der Waals surface area contributed by atoms with Gasteiger partial charge >= 0.3 is 0 Å². The van der Waals surface area contributed by atoms with Gasteiger partial charge in [-0.2, -0.15) is 0 Å². The van der Waals surface area contributed by atoms with Crippen LogP contribution in [0.5, 0.6) is 11.5 Å². The highest BCUT2D eigenvalue weighted by Gasteiger charge is 2.11. The fourth-order valence-corrected chi connectivity index (χ4v) is 1.91. The molecule has 0 saturated carbocycles. The van der Waals surface area contributed by atoms with E-state index in [1.54, 1.807) is 13.2 Å². The molecule has 0 heterocycles. The summed E-state index contributed by atoms with van der Waals surface area (Å²) in [5, 5.41) is 12.4. The van der Waals surface area contributed by atoms with Gasteiger partial charge in [0.15, 0.2) is 0 Å². The standard InChI is InChI=1S/C15H16FNO2/c1-10(14-7-6-12(18)9-15(14)16)17-11-4-3-5-13(8-11)19-2/h3-10,17-18H,1-2H3. The van der Waals surface area contributed by atoms with Gasteiger partial charge in [0.1, 0.15) is 17.3 Å². The Kier molecular flexibility index (Phi) is 3.90. The molecule has 2 aromatic rings. The lowest BCUT2D eigenvalue weighted by Gasteiger charge is -2.17. The molecule has 0 fully saturated rings. The number of ether oxygens (including phenoxy) is 1. The molecule has 3 nitrogen and oxygen atoms in total. The first-order chi connectivity index (χ1) is 9.10. The number of hydrogen-bond acceptors (Lipinski definition) is 3. The van der Waals surface area contributed by atoms with Crippen molar-refractivity contribution < 1.29 is 14.2 Å². The molecule has 0 saturated heterocycles. The second kappa shape index (κ2) is 5.61. The monoisotopic (exact) mass is 261 g/mol. The zero-order valence-electron chi connectivity index (χ0n) is 10.9. The van der Waals surface area contributed by atoms with Crippen LogP contribution in [0.15, 0.2) is 42.5 Å². The highest BCUT2D eigenvalue weighted by molar-refractivity contribution is 5.50. The Morgan fingerprint density at radius 2 is 2.00 bits per heavy atom. The molecule has 2 N–H and O–H groups in total.